The van der Waals surface area contributed by atoms with Crippen LogP contribution in [0.1, 0.15) is 31.4 Å². The predicted octanol–water partition coefficient (Wildman–Crippen LogP) is 3.11. The second kappa shape index (κ2) is 5.85. The Hall–Kier alpha value is -0.570. The average molecular weight is 254 g/mol. The lowest BCUT2D eigenvalue weighted by atomic mass is 9.96. The molecule has 0 aliphatic carbocycles. The minimum Gasteiger partial charge on any atom is -0.396 e. The Labute approximate surface area is 108 Å². The van der Waals surface area contributed by atoms with E-state index in [0.717, 1.165) is 24.5 Å². The molecule has 3 heteroatoms. The van der Waals surface area contributed by atoms with E-state index in [4.69, 9.17) is 11.6 Å². The van der Waals surface area contributed by atoms with Crippen molar-refractivity contribution in [1.29, 1.82) is 0 Å². The Morgan fingerprint density at radius 3 is 3.06 bits per heavy atom. The van der Waals surface area contributed by atoms with E-state index in [1.807, 2.05) is 18.2 Å². The molecule has 2 rings (SSSR count). The first-order valence-corrected chi connectivity index (χ1v) is 6.69. The number of piperidine rings is 1. The van der Waals surface area contributed by atoms with Crippen LogP contribution in [0.25, 0.3) is 0 Å². The van der Waals surface area contributed by atoms with Crippen molar-refractivity contribution in [2.24, 2.45) is 5.92 Å². The Balaban J connectivity index is 2.06. The van der Waals surface area contributed by atoms with Gasteiger partial charge in [0, 0.05) is 24.2 Å². The normalized spacial score (nSPS) is 23.6. The summed E-state index contributed by atoms with van der Waals surface area (Å²) in [5.41, 5.74) is 1.26. The van der Waals surface area contributed by atoms with Gasteiger partial charge in [-0.15, -0.1) is 0 Å². The maximum absolute atomic E-state index is 9.26. The minimum atomic E-state index is 0.304. The van der Waals surface area contributed by atoms with E-state index in [-0.39, 0.29) is 0 Å². The largest absolute Gasteiger partial charge is 0.396 e. The van der Waals surface area contributed by atoms with E-state index in [2.05, 4.69) is 17.9 Å². The van der Waals surface area contributed by atoms with E-state index in [0.29, 0.717) is 18.6 Å². The number of aliphatic hydroxyl groups excluding tert-OH is 1. The Morgan fingerprint density at radius 1 is 1.53 bits per heavy atom. The molecule has 1 fully saturated rings. The standard InChI is InChI=1S/C14H20ClNO/c1-11(13-5-2-6-14(15)8-13)16-7-3-4-12(9-16)10-17/h2,5-6,8,11-12,17H,3-4,7,9-10H2,1H3. The maximum atomic E-state index is 9.26. The third-order valence-corrected chi connectivity index (χ3v) is 3.92. The van der Waals surface area contributed by atoms with E-state index in [1.54, 1.807) is 0 Å². The first-order valence-electron chi connectivity index (χ1n) is 6.31. The summed E-state index contributed by atoms with van der Waals surface area (Å²) >= 11 is 6.03. The first kappa shape index (κ1) is 12.9. The van der Waals surface area contributed by atoms with Crippen molar-refractivity contribution in [3.05, 3.63) is 34.9 Å². The quantitative estimate of drug-likeness (QED) is 0.895. The van der Waals surface area contributed by atoms with Crippen molar-refractivity contribution in [3.63, 3.8) is 0 Å². The number of nitrogens with zero attached hydrogens (tertiary/aromatic N) is 1. The molecule has 1 saturated heterocycles. The SMILES string of the molecule is CC(c1cccc(Cl)c1)N1CCCC(CO)C1. The van der Waals surface area contributed by atoms with Gasteiger partial charge >= 0.3 is 0 Å². The summed E-state index contributed by atoms with van der Waals surface area (Å²) in [6.45, 7) is 4.62. The highest BCUT2D eigenvalue weighted by Crippen LogP contribution is 2.27. The summed E-state index contributed by atoms with van der Waals surface area (Å²) in [5.74, 6) is 0.436. The van der Waals surface area contributed by atoms with Crippen LogP contribution in [-0.2, 0) is 0 Å². The van der Waals surface area contributed by atoms with Gasteiger partial charge in [-0.25, -0.2) is 0 Å². The molecule has 0 spiro atoms. The Kier molecular flexibility index (Phi) is 4.43. The van der Waals surface area contributed by atoms with Gasteiger partial charge in [0.2, 0.25) is 0 Å². The van der Waals surface area contributed by atoms with Gasteiger partial charge in [-0.05, 0) is 49.9 Å². The number of halogens is 1. The van der Waals surface area contributed by atoms with Crippen molar-refractivity contribution in [2.45, 2.75) is 25.8 Å². The molecule has 0 aromatic heterocycles. The lowest BCUT2D eigenvalue weighted by Crippen LogP contribution is -2.38. The van der Waals surface area contributed by atoms with Crippen molar-refractivity contribution in [2.75, 3.05) is 19.7 Å². The molecule has 2 atom stereocenters. The van der Waals surface area contributed by atoms with Gasteiger partial charge in [-0.2, -0.15) is 0 Å². The first-order chi connectivity index (χ1) is 8.20. The number of benzene rings is 1. The van der Waals surface area contributed by atoms with Gasteiger partial charge in [0.15, 0.2) is 0 Å². The van der Waals surface area contributed by atoms with Crippen LogP contribution >= 0.6 is 11.6 Å². The lowest BCUT2D eigenvalue weighted by Gasteiger charge is -2.36. The zero-order valence-corrected chi connectivity index (χ0v) is 11.0. The Morgan fingerprint density at radius 2 is 2.35 bits per heavy atom. The van der Waals surface area contributed by atoms with Crippen LogP contribution in [0, 0.1) is 5.92 Å². The van der Waals surface area contributed by atoms with Crippen LogP contribution in [-0.4, -0.2) is 29.7 Å². The molecule has 0 radical (unpaired) electrons. The van der Waals surface area contributed by atoms with Gasteiger partial charge in [0.05, 0.1) is 0 Å². The van der Waals surface area contributed by atoms with Gasteiger partial charge in [-0.1, -0.05) is 23.7 Å². The van der Waals surface area contributed by atoms with Crippen LogP contribution in [0.15, 0.2) is 24.3 Å². The number of rotatable bonds is 3. The summed E-state index contributed by atoms with van der Waals surface area (Å²) in [7, 11) is 0. The molecule has 2 unspecified atom stereocenters. The molecule has 1 N–H and O–H groups in total. The van der Waals surface area contributed by atoms with Crippen LogP contribution in [0.3, 0.4) is 0 Å². The second-order valence-corrected chi connectivity index (χ2v) is 5.35. The van der Waals surface area contributed by atoms with Crippen LogP contribution in [0.4, 0.5) is 0 Å². The number of aliphatic hydroxyl groups is 1. The maximum Gasteiger partial charge on any atom is 0.0471 e. The third-order valence-electron chi connectivity index (χ3n) is 3.69. The molecule has 94 valence electrons. The minimum absolute atomic E-state index is 0.304. The molecule has 0 saturated carbocycles. The third kappa shape index (κ3) is 3.21. The lowest BCUT2D eigenvalue weighted by molar-refractivity contribution is 0.0936. The fourth-order valence-electron chi connectivity index (χ4n) is 2.58. The highest BCUT2D eigenvalue weighted by atomic mass is 35.5. The summed E-state index contributed by atoms with van der Waals surface area (Å²) < 4.78 is 0. The zero-order valence-electron chi connectivity index (χ0n) is 10.3. The molecule has 2 nitrogen and oxygen atoms in total. The molecule has 17 heavy (non-hydrogen) atoms. The van der Waals surface area contributed by atoms with E-state index in [9.17, 15) is 5.11 Å². The van der Waals surface area contributed by atoms with Crippen molar-refractivity contribution in [1.82, 2.24) is 4.90 Å². The van der Waals surface area contributed by atoms with Crippen LogP contribution < -0.4 is 0 Å². The monoisotopic (exact) mass is 253 g/mol. The molecule has 1 heterocycles. The molecule has 1 aromatic carbocycles. The Bertz CT molecular complexity index is 369. The van der Waals surface area contributed by atoms with Crippen molar-refractivity contribution < 1.29 is 5.11 Å². The van der Waals surface area contributed by atoms with Crippen molar-refractivity contribution in [3.8, 4) is 0 Å². The molecule has 1 aromatic rings. The highest BCUT2D eigenvalue weighted by Gasteiger charge is 2.23. The van der Waals surface area contributed by atoms with Crippen molar-refractivity contribution >= 4 is 11.6 Å². The van der Waals surface area contributed by atoms with Gasteiger partial charge in [-0.3, -0.25) is 4.90 Å². The summed E-state index contributed by atoms with van der Waals surface area (Å²) in [5, 5.41) is 10.1. The van der Waals surface area contributed by atoms with Crippen LogP contribution in [0.5, 0.6) is 0 Å². The molecular formula is C14H20ClNO. The molecule has 1 aliphatic heterocycles. The molecule has 0 amide bonds. The summed E-state index contributed by atoms with van der Waals surface area (Å²) in [6.07, 6.45) is 2.32. The van der Waals surface area contributed by atoms with Crippen LogP contribution in [0.2, 0.25) is 5.02 Å². The number of hydrogen-bond donors (Lipinski definition) is 1. The zero-order chi connectivity index (χ0) is 12.3. The van der Waals surface area contributed by atoms with Gasteiger partial charge in [0.25, 0.3) is 0 Å². The van der Waals surface area contributed by atoms with Gasteiger partial charge in [0.1, 0.15) is 0 Å². The van der Waals surface area contributed by atoms with E-state index < -0.39 is 0 Å². The topological polar surface area (TPSA) is 23.5 Å². The average Bonchev–Trinajstić information content (AvgIpc) is 2.38. The van der Waals surface area contributed by atoms with E-state index in [1.165, 1.54) is 12.0 Å². The van der Waals surface area contributed by atoms with E-state index >= 15 is 0 Å². The summed E-state index contributed by atoms with van der Waals surface area (Å²) in [6, 6.07) is 8.45. The summed E-state index contributed by atoms with van der Waals surface area (Å²) in [4.78, 5) is 2.44. The predicted molar refractivity (Wildman–Crippen MR) is 71.2 cm³/mol. The number of hydrogen-bond acceptors (Lipinski definition) is 2. The molecule has 1 aliphatic rings. The highest BCUT2D eigenvalue weighted by molar-refractivity contribution is 6.30. The van der Waals surface area contributed by atoms with Gasteiger partial charge < -0.3 is 5.11 Å². The number of likely N-dealkylation sites (tertiary alicyclic amines) is 1. The fraction of sp³-hybridized carbons (Fsp3) is 0.571. The fourth-order valence-corrected chi connectivity index (χ4v) is 2.77. The molecular weight excluding hydrogens is 234 g/mol. The molecule has 0 bridgehead atoms. The second-order valence-electron chi connectivity index (χ2n) is 4.92. The smallest absolute Gasteiger partial charge is 0.0471 e.